The fourth-order valence-electron chi connectivity index (χ4n) is 2.25. The van der Waals surface area contributed by atoms with E-state index in [-0.39, 0.29) is 11.9 Å². The smallest absolute Gasteiger partial charge is 0.164 e. The molecule has 4 nitrogen and oxygen atoms in total. The normalized spacial score (nSPS) is 18.4. The molecule has 0 atom stereocenters. The average molecular weight is 236 g/mol. The molecule has 2 N–H and O–H groups in total. The van der Waals surface area contributed by atoms with Gasteiger partial charge in [-0.2, -0.15) is 0 Å². The number of aromatic nitrogens is 1. The van der Waals surface area contributed by atoms with E-state index in [1.807, 2.05) is 6.07 Å². The number of nitrogens with zero attached hydrogens (tertiary/aromatic N) is 1. The lowest BCUT2D eigenvalue weighted by molar-refractivity contribution is 0.0800. The molecule has 1 aromatic rings. The standard InChI is InChI=1S/C13H20N2O2/c16-12-4-8-15(9-5-12)7-1-2-13(17)11-3-6-14-10-11/h3,6,10,12,14,16H,1-2,4-5,7-9H2. The molecule has 0 aromatic carbocycles. The molecule has 1 fully saturated rings. The van der Waals surface area contributed by atoms with E-state index in [9.17, 15) is 9.90 Å². The van der Waals surface area contributed by atoms with Crippen molar-refractivity contribution in [2.24, 2.45) is 0 Å². The SMILES string of the molecule is O=C(CCCN1CCC(O)CC1)c1cc[nH]c1. The van der Waals surface area contributed by atoms with Gasteiger partial charge in [0.1, 0.15) is 0 Å². The van der Waals surface area contributed by atoms with E-state index >= 15 is 0 Å². The molecule has 1 saturated heterocycles. The molecule has 0 amide bonds. The lowest BCUT2D eigenvalue weighted by atomic mass is 10.1. The Kier molecular flexibility index (Phi) is 4.34. The number of carbonyl (C=O) groups is 1. The molecule has 1 aliphatic heterocycles. The third-order valence-corrected chi connectivity index (χ3v) is 3.36. The highest BCUT2D eigenvalue weighted by atomic mass is 16.3. The Balaban J connectivity index is 1.64. The van der Waals surface area contributed by atoms with Gasteiger partial charge < -0.3 is 15.0 Å². The second-order valence-corrected chi connectivity index (χ2v) is 4.70. The van der Waals surface area contributed by atoms with Crippen molar-refractivity contribution in [3.8, 4) is 0 Å². The van der Waals surface area contributed by atoms with Crippen LogP contribution in [0.15, 0.2) is 18.5 Å². The monoisotopic (exact) mass is 236 g/mol. The van der Waals surface area contributed by atoms with Crippen molar-refractivity contribution in [3.05, 3.63) is 24.0 Å². The number of nitrogens with one attached hydrogen (secondary N) is 1. The number of piperidine rings is 1. The van der Waals surface area contributed by atoms with Gasteiger partial charge in [0.15, 0.2) is 5.78 Å². The van der Waals surface area contributed by atoms with Crippen LogP contribution in [0.25, 0.3) is 0 Å². The van der Waals surface area contributed by atoms with Crippen molar-refractivity contribution < 1.29 is 9.90 Å². The number of rotatable bonds is 5. The Labute approximate surface area is 102 Å². The summed E-state index contributed by atoms with van der Waals surface area (Å²) in [7, 11) is 0. The molecule has 94 valence electrons. The first-order chi connectivity index (χ1) is 8.25. The van der Waals surface area contributed by atoms with Gasteiger partial charge in [0.25, 0.3) is 0 Å². The van der Waals surface area contributed by atoms with E-state index in [0.29, 0.717) is 6.42 Å². The minimum Gasteiger partial charge on any atom is -0.393 e. The van der Waals surface area contributed by atoms with Crippen molar-refractivity contribution in [3.63, 3.8) is 0 Å². The van der Waals surface area contributed by atoms with E-state index < -0.39 is 0 Å². The number of likely N-dealkylation sites (tertiary alicyclic amines) is 1. The number of Topliss-reactive ketones (excluding diaryl/α,β-unsaturated/α-hetero) is 1. The third kappa shape index (κ3) is 3.68. The molecule has 0 radical (unpaired) electrons. The van der Waals surface area contributed by atoms with Crippen molar-refractivity contribution in [2.75, 3.05) is 19.6 Å². The van der Waals surface area contributed by atoms with Gasteiger partial charge in [-0.05, 0) is 31.9 Å². The second-order valence-electron chi connectivity index (χ2n) is 4.70. The number of carbonyl (C=O) groups excluding carboxylic acids is 1. The van der Waals surface area contributed by atoms with Crippen LogP contribution in [0.5, 0.6) is 0 Å². The summed E-state index contributed by atoms with van der Waals surface area (Å²) in [5, 5.41) is 9.38. The van der Waals surface area contributed by atoms with Crippen LogP contribution in [-0.2, 0) is 0 Å². The van der Waals surface area contributed by atoms with Crippen LogP contribution in [0.3, 0.4) is 0 Å². The maximum absolute atomic E-state index is 11.7. The van der Waals surface area contributed by atoms with Gasteiger partial charge >= 0.3 is 0 Å². The quantitative estimate of drug-likeness (QED) is 0.760. The first-order valence-corrected chi connectivity index (χ1v) is 6.32. The second kappa shape index (κ2) is 5.98. The predicted molar refractivity (Wildman–Crippen MR) is 66.0 cm³/mol. The number of aliphatic hydroxyl groups is 1. The van der Waals surface area contributed by atoms with E-state index in [1.54, 1.807) is 12.4 Å². The van der Waals surface area contributed by atoms with Gasteiger partial charge in [-0.3, -0.25) is 4.79 Å². The van der Waals surface area contributed by atoms with Gasteiger partial charge in [-0.1, -0.05) is 0 Å². The number of aliphatic hydroxyl groups excluding tert-OH is 1. The molecule has 4 heteroatoms. The third-order valence-electron chi connectivity index (χ3n) is 3.36. The van der Waals surface area contributed by atoms with Crippen molar-refractivity contribution in [1.29, 1.82) is 0 Å². The minimum atomic E-state index is -0.118. The number of H-pyrrole nitrogens is 1. The Morgan fingerprint density at radius 1 is 1.47 bits per heavy atom. The number of ketones is 1. The lowest BCUT2D eigenvalue weighted by Gasteiger charge is -2.29. The summed E-state index contributed by atoms with van der Waals surface area (Å²) < 4.78 is 0. The molecule has 2 heterocycles. The summed E-state index contributed by atoms with van der Waals surface area (Å²) in [4.78, 5) is 16.9. The van der Waals surface area contributed by atoms with Gasteiger partial charge in [-0.25, -0.2) is 0 Å². The fourth-order valence-corrected chi connectivity index (χ4v) is 2.25. The molecule has 0 saturated carbocycles. The summed E-state index contributed by atoms with van der Waals surface area (Å²) in [5.41, 5.74) is 0.777. The minimum absolute atomic E-state index is 0.118. The Hall–Kier alpha value is -1.13. The molecule has 0 unspecified atom stereocenters. The van der Waals surface area contributed by atoms with E-state index in [1.165, 1.54) is 0 Å². The Morgan fingerprint density at radius 2 is 2.24 bits per heavy atom. The molecule has 2 rings (SSSR count). The topological polar surface area (TPSA) is 56.3 Å². The number of aromatic amines is 1. The summed E-state index contributed by atoms with van der Waals surface area (Å²) in [5.74, 6) is 0.211. The molecular weight excluding hydrogens is 216 g/mol. The van der Waals surface area contributed by atoms with Crippen molar-refractivity contribution in [2.45, 2.75) is 31.8 Å². The number of hydrogen-bond acceptors (Lipinski definition) is 3. The maximum atomic E-state index is 11.7. The zero-order valence-corrected chi connectivity index (χ0v) is 10.1. The highest BCUT2D eigenvalue weighted by Gasteiger charge is 2.16. The first-order valence-electron chi connectivity index (χ1n) is 6.32. The zero-order valence-electron chi connectivity index (χ0n) is 10.1. The van der Waals surface area contributed by atoms with Crippen LogP contribution in [0, 0.1) is 0 Å². The Bertz CT molecular complexity index is 340. The molecule has 17 heavy (non-hydrogen) atoms. The van der Waals surface area contributed by atoms with Crippen LogP contribution in [0.4, 0.5) is 0 Å². The van der Waals surface area contributed by atoms with Crippen molar-refractivity contribution >= 4 is 5.78 Å². The Morgan fingerprint density at radius 3 is 2.88 bits per heavy atom. The zero-order chi connectivity index (χ0) is 12.1. The van der Waals surface area contributed by atoms with Gasteiger partial charge in [-0.15, -0.1) is 0 Å². The first kappa shape index (κ1) is 12.3. The average Bonchev–Trinajstić information content (AvgIpc) is 2.85. The summed E-state index contributed by atoms with van der Waals surface area (Å²) >= 11 is 0. The fraction of sp³-hybridized carbons (Fsp3) is 0.615. The van der Waals surface area contributed by atoms with Gasteiger partial charge in [0.2, 0.25) is 0 Å². The van der Waals surface area contributed by atoms with Crippen molar-refractivity contribution in [1.82, 2.24) is 9.88 Å². The van der Waals surface area contributed by atoms with Crippen LogP contribution < -0.4 is 0 Å². The van der Waals surface area contributed by atoms with E-state index in [2.05, 4.69) is 9.88 Å². The molecule has 0 spiro atoms. The summed E-state index contributed by atoms with van der Waals surface area (Å²) in [6.45, 7) is 2.88. The van der Waals surface area contributed by atoms with Crippen LogP contribution in [0.2, 0.25) is 0 Å². The molecule has 0 bridgehead atoms. The summed E-state index contributed by atoms with van der Waals surface area (Å²) in [6, 6.07) is 1.82. The van der Waals surface area contributed by atoms with E-state index in [4.69, 9.17) is 0 Å². The lowest BCUT2D eigenvalue weighted by Crippen LogP contribution is -2.36. The van der Waals surface area contributed by atoms with Crippen LogP contribution >= 0.6 is 0 Å². The van der Waals surface area contributed by atoms with Gasteiger partial charge in [0, 0.05) is 37.5 Å². The van der Waals surface area contributed by atoms with Crippen LogP contribution in [0.1, 0.15) is 36.0 Å². The number of hydrogen-bond donors (Lipinski definition) is 2. The van der Waals surface area contributed by atoms with E-state index in [0.717, 1.165) is 44.5 Å². The molecular formula is C13H20N2O2. The van der Waals surface area contributed by atoms with Crippen LogP contribution in [-0.4, -0.2) is 46.5 Å². The highest BCUT2D eigenvalue weighted by molar-refractivity contribution is 5.95. The molecule has 0 aliphatic carbocycles. The largest absolute Gasteiger partial charge is 0.393 e. The highest BCUT2D eigenvalue weighted by Crippen LogP contribution is 2.11. The maximum Gasteiger partial charge on any atom is 0.164 e. The summed E-state index contributed by atoms with van der Waals surface area (Å²) in [6.07, 6.45) is 6.65. The molecule has 1 aromatic heterocycles. The van der Waals surface area contributed by atoms with Gasteiger partial charge in [0.05, 0.1) is 6.10 Å². The predicted octanol–water partition coefficient (Wildman–Crippen LogP) is 1.43. The molecule has 1 aliphatic rings.